The monoisotopic (exact) mass is 488 g/mol. The van der Waals surface area contributed by atoms with Crippen molar-refractivity contribution in [2.24, 2.45) is 57.2 Å². The predicted octanol–water partition coefficient (Wildman–Crippen LogP) is 3.65. The minimum atomic E-state index is -0.631. The third-order valence-electron chi connectivity index (χ3n) is 12.2. The molecule has 4 saturated carbocycles. The number of carbonyl (C=O) groups is 4. The fraction of sp³-hybridized carbons (Fsp3) is 0.667. The summed E-state index contributed by atoms with van der Waals surface area (Å²) in [5.74, 6) is 0.130. The molecule has 2 saturated heterocycles. The summed E-state index contributed by atoms with van der Waals surface area (Å²) in [5.41, 5.74) is -0.593. The molecule has 8 unspecified atom stereocenters. The van der Waals surface area contributed by atoms with Gasteiger partial charge >= 0.3 is 0 Å². The van der Waals surface area contributed by atoms with E-state index >= 15 is 0 Å². The standard InChI is InChI=1S/C30H36N2O4/c1-27(2)19-10-8-17-13-31-25(35)29(19,27)21(17)23(33)15-6-5-7-16(12-15)24(34)22-18-9-11-20-28(3,4)30(20,22)26(36)32-14-18/h5-7,12,17-22H,8-11,13-14H2,1-4H3,(H,31,35)(H,32,36). The van der Waals surface area contributed by atoms with Gasteiger partial charge in [-0.3, -0.25) is 19.2 Å². The second kappa shape index (κ2) is 6.68. The Morgan fingerprint density at radius 2 is 1.14 bits per heavy atom. The van der Waals surface area contributed by atoms with E-state index in [1.807, 2.05) is 0 Å². The van der Waals surface area contributed by atoms with Gasteiger partial charge in [0.1, 0.15) is 0 Å². The van der Waals surface area contributed by atoms with Crippen LogP contribution in [0.25, 0.3) is 0 Å². The maximum atomic E-state index is 14.1. The van der Waals surface area contributed by atoms with Gasteiger partial charge in [-0.25, -0.2) is 0 Å². The number of nitrogens with one attached hydrogen (secondary N) is 2. The Bertz CT molecular complexity index is 1160. The molecule has 2 N–H and O–H groups in total. The molecule has 0 aromatic heterocycles. The number of hydrogen-bond donors (Lipinski definition) is 2. The molecule has 6 heteroatoms. The van der Waals surface area contributed by atoms with Crippen LogP contribution in [0.1, 0.15) is 74.1 Å². The van der Waals surface area contributed by atoms with Crippen molar-refractivity contribution >= 4 is 23.4 Å². The molecule has 1 aromatic rings. The van der Waals surface area contributed by atoms with Gasteiger partial charge in [-0.05, 0) is 66.3 Å². The van der Waals surface area contributed by atoms with Crippen molar-refractivity contribution in [2.75, 3.05) is 13.1 Å². The van der Waals surface area contributed by atoms with Gasteiger partial charge in [-0.1, -0.05) is 45.9 Å². The predicted molar refractivity (Wildman–Crippen MR) is 133 cm³/mol. The highest BCUT2D eigenvalue weighted by molar-refractivity contribution is 6.08. The van der Waals surface area contributed by atoms with Gasteiger partial charge in [0.15, 0.2) is 11.6 Å². The zero-order valence-electron chi connectivity index (χ0n) is 21.6. The molecular weight excluding hydrogens is 452 g/mol. The second-order valence-corrected chi connectivity index (χ2v) is 13.6. The normalized spacial score (nSPS) is 44.3. The molecule has 2 spiro atoms. The Hall–Kier alpha value is -2.50. The number of benzene rings is 1. The number of Topliss-reactive ketones (excluding diaryl/α,β-unsaturated/α-hetero) is 2. The fourth-order valence-corrected chi connectivity index (χ4v) is 10.5. The molecule has 7 rings (SSSR count). The fourth-order valence-electron chi connectivity index (χ4n) is 10.5. The van der Waals surface area contributed by atoms with Gasteiger partial charge in [-0.15, -0.1) is 0 Å². The number of fused-ring (bicyclic) bond motifs is 2. The molecular formula is C30H36N2O4. The van der Waals surface area contributed by atoms with Crippen molar-refractivity contribution in [3.63, 3.8) is 0 Å². The Labute approximate surface area is 212 Å². The number of hydrogen-bond acceptors (Lipinski definition) is 4. The SMILES string of the molecule is CC1(C)C2CCC3CNC(=O)C21C3C(=O)c1cccc(C(=O)C2C3CCC4C(C)(C)C24C(=O)NC3)c1. The van der Waals surface area contributed by atoms with E-state index in [0.717, 1.165) is 25.7 Å². The van der Waals surface area contributed by atoms with Crippen LogP contribution in [-0.2, 0) is 9.59 Å². The molecule has 190 valence electrons. The van der Waals surface area contributed by atoms with Crippen molar-refractivity contribution in [2.45, 2.75) is 53.4 Å². The largest absolute Gasteiger partial charge is 0.355 e. The number of piperidine rings is 2. The summed E-state index contributed by atoms with van der Waals surface area (Å²) >= 11 is 0. The van der Waals surface area contributed by atoms with E-state index in [0.29, 0.717) is 24.2 Å². The zero-order chi connectivity index (χ0) is 25.4. The lowest BCUT2D eigenvalue weighted by Gasteiger charge is -2.42. The quantitative estimate of drug-likeness (QED) is 0.633. The minimum Gasteiger partial charge on any atom is -0.355 e. The first kappa shape index (κ1) is 22.7. The summed E-state index contributed by atoms with van der Waals surface area (Å²) in [6, 6.07) is 7.17. The summed E-state index contributed by atoms with van der Waals surface area (Å²) in [7, 11) is 0. The van der Waals surface area contributed by atoms with E-state index < -0.39 is 10.8 Å². The Morgan fingerprint density at radius 1 is 0.722 bits per heavy atom. The van der Waals surface area contributed by atoms with Gasteiger partial charge in [0.2, 0.25) is 11.8 Å². The summed E-state index contributed by atoms with van der Waals surface area (Å²) in [6.07, 6.45) is 3.89. The molecule has 0 radical (unpaired) electrons. The Kier molecular flexibility index (Phi) is 4.21. The van der Waals surface area contributed by atoms with Crippen molar-refractivity contribution < 1.29 is 19.2 Å². The molecule has 2 aliphatic heterocycles. The van der Waals surface area contributed by atoms with E-state index in [1.165, 1.54) is 0 Å². The number of carbonyl (C=O) groups excluding carboxylic acids is 4. The molecule has 4 aliphatic carbocycles. The highest BCUT2D eigenvalue weighted by Gasteiger charge is 2.83. The average molecular weight is 489 g/mol. The van der Waals surface area contributed by atoms with Crippen LogP contribution in [0.5, 0.6) is 0 Å². The van der Waals surface area contributed by atoms with E-state index in [2.05, 4.69) is 38.3 Å². The molecule has 6 fully saturated rings. The molecule has 6 aliphatic rings. The first-order valence-corrected chi connectivity index (χ1v) is 13.8. The minimum absolute atomic E-state index is 0.00384. The van der Waals surface area contributed by atoms with Gasteiger partial charge in [0.25, 0.3) is 0 Å². The third-order valence-corrected chi connectivity index (χ3v) is 12.2. The van der Waals surface area contributed by atoms with Crippen molar-refractivity contribution in [3.8, 4) is 0 Å². The highest BCUT2D eigenvalue weighted by Crippen LogP contribution is 2.79. The van der Waals surface area contributed by atoms with Crippen LogP contribution in [0.15, 0.2) is 24.3 Å². The Balaban J connectivity index is 1.24. The molecule has 2 amide bonds. The number of ketones is 2. The van der Waals surface area contributed by atoms with Gasteiger partial charge < -0.3 is 10.6 Å². The molecule has 2 heterocycles. The first-order valence-electron chi connectivity index (χ1n) is 13.8. The van der Waals surface area contributed by atoms with Crippen LogP contribution in [0, 0.1) is 57.2 Å². The first-order chi connectivity index (χ1) is 17.0. The third kappa shape index (κ3) is 2.27. The lowest BCUT2D eigenvalue weighted by molar-refractivity contribution is -0.135. The maximum absolute atomic E-state index is 14.1. The maximum Gasteiger partial charge on any atom is 0.227 e. The summed E-state index contributed by atoms with van der Waals surface area (Å²) in [6.45, 7) is 9.62. The van der Waals surface area contributed by atoms with Crippen LogP contribution in [0.2, 0.25) is 0 Å². The summed E-state index contributed by atoms with van der Waals surface area (Å²) in [5, 5.41) is 6.18. The number of amides is 2. The molecule has 4 bridgehead atoms. The summed E-state index contributed by atoms with van der Waals surface area (Å²) in [4.78, 5) is 54.6. The number of rotatable bonds is 4. The smallest absolute Gasteiger partial charge is 0.227 e. The van der Waals surface area contributed by atoms with Crippen LogP contribution < -0.4 is 10.6 Å². The molecule has 6 nitrogen and oxygen atoms in total. The van der Waals surface area contributed by atoms with Crippen LogP contribution in [-0.4, -0.2) is 36.5 Å². The van der Waals surface area contributed by atoms with E-state index in [4.69, 9.17) is 0 Å². The van der Waals surface area contributed by atoms with Crippen molar-refractivity contribution in [1.29, 1.82) is 0 Å². The molecule has 1 aromatic carbocycles. The van der Waals surface area contributed by atoms with Crippen molar-refractivity contribution in [1.82, 2.24) is 10.6 Å². The van der Waals surface area contributed by atoms with Gasteiger partial charge in [-0.2, -0.15) is 0 Å². The summed E-state index contributed by atoms with van der Waals surface area (Å²) < 4.78 is 0. The molecule has 36 heavy (non-hydrogen) atoms. The zero-order valence-corrected chi connectivity index (χ0v) is 21.6. The van der Waals surface area contributed by atoms with Crippen LogP contribution in [0.4, 0.5) is 0 Å². The highest BCUT2D eigenvalue weighted by atomic mass is 16.2. The van der Waals surface area contributed by atoms with E-state index in [1.54, 1.807) is 24.3 Å². The van der Waals surface area contributed by atoms with E-state index in [9.17, 15) is 19.2 Å². The van der Waals surface area contributed by atoms with Crippen LogP contribution in [0.3, 0.4) is 0 Å². The van der Waals surface area contributed by atoms with Gasteiger partial charge in [0.05, 0.1) is 10.8 Å². The topological polar surface area (TPSA) is 92.3 Å². The lowest BCUT2D eigenvalue weighted by Crippen LogP contribution is -2.56. The van der Waals surface area contributed by atoms with Crippen LogP contribution >= 0.6 is 0 Å². The Morgan fingerprint density at radius 3 is 1.56 bits per heavy atom. The van der Waals surface area contributed by atoms with E-state index in [-0.39, 0.29) is 69.7 Å². The average Bonchev–Trinajstić information content (AvgIpc) is 3.58. The second-order valence-electron chi connectivity index (χ2n) is 13.6. The van der Waals surface area contributed by atoms with Crippen molar-refractivity contribution in [3.05, 3.63) is 35.4 Å². The lowest BCUT2D eigenvalue weighted by atomic mass is 9.63. The van der Waals surface area contributed by atoms with Gasteiger partial charge in [0, 0.05) is 36.1 Å². The molecule has 8 atom stereocenters.